The number of benzene rings is 1. The zero-order valence-electron chi connectivity index (χ0n) is 10.1. The number of fused-ring (bicyclic) bond motifs is 1. The number of aryl methyl sites for hydroxylation is 3. The highest BCUT2D eigenvalue weighted by Gasteiger charge is 2.40. The van der Waals surface area contributed by atoms with Crippen molar-refractivity contribution >= 4 is 0 Å². The number of aromatic nitrogens is 2. The minimum Gasteiger partial charge on any atom is -0.379 e. The lowest BCUT2D eigenvalue weighted by molar-refractivity contribution is 0.0776. The molecule has 3 nitrogen and oxygen atoms in total. The van der Waals surface area contributed by atoms with E-state index in [0.29, 0.717) is 0 Å². The smallest absolute Gasteiger partial charge is 0.134 e. The Labute approximate surface area is 101 Å². The zero-order valence-corrected chi connectivity index (χ0v) is 10.1. The minimum absolute atomic E-state index is 0.725. The number of hydrogen-bond acceptors (Lipinski definition) is 2. The van der Waals surface area contributed by atoms with E-state index in [4.69, 9.17) is 0 Å². The molecule has 0 saturated carbocycles. The van der Waals surface area contributed by atoms with Gasteiger partial charge in [-0.3, -0.25) is 4.68 Å². The molecule has 1 aromatic heterocycles. The van der Waals surface area contributed by atoms with E-state index >= 15 is 0 Å². The summed E-state index contributed by atoms with van der Waals surface area (Å²) < 4.78 is 1.74. The molecule has 1 atom stereocenters. The topological polar surface area (TPSA) is 38.0 Å². The van der Waals surface area contributed by atoms with E-state index in [1.807, 2.05) is 19.3 Å². The molecular weight excluding hydrogens is 212 g/mol. The minimum atomic E-state index is -0.900. The average Bonchev–Trinajstić information content (AvgIpc) is 2.86. The maximum absolute atomic E-state index is 10.9. The maximum Gasteiger partial charge on any atom is 0.134 e. The summed E-state index contributed by atoms with van der Waals surface area (Å²) in [5.74, 6) is 0. The van der Waals surface area contributed by atoms with Crippen molar-refractivity contribution in [3.05, 3.63) is 52.8 Å². The van der Waals surface area contributed by atoms with Gasteiger partial charge in [0.1, 0.15) is 5.60 Å². The summed E-state index contributed by atoms with van der Waals surface area (Å²) in [6.07, 6.45) is 3.52. The molecule has 0 aliphatic heterocycles. The van der Waals surface area contributed by atoms with Crippen molar-refractivity contribution in [3.8, 4) is 0 Å². The standard InChI is InChI=1S/C14H16N2O/c1-10-3-4-11-5-7-14(17,12(11)9-10)13-6-8-16(2)15-13/h3-4,6,8-9,17H,5,7H2,1-2H3. The van der Waals surface area contributed by atoms with E-state index in [2.05, 4.69) is 30.2 Å². The molecule has 1 unspecified atom stereocenters. The summed E-state index contributed by atoms with van der Waals surface area (Å²) in [5.41, 5.74) is 3.30. The van der Waals surface area contributed by atoms with Gasteiger partial charge in [0.15, 0.2) is 0 Å². The molecule has 1 aliphatic carbocycles. The molecule has 88 valence electrons. The number of hydrogen-bond donors (Lipinski definition) is 1. The molecule has 17 heavy (non-hydrogen) atoms. The third kappa shape index (κ3) is 1.50. The van der Waals surface area contributed by atoms with Crippen LogP contribution < -0.4 is 0 Å². The first kappa shape index (κ1) is 10.5. The van der Waals surface area contributed by atoms with Crippen molar-refractivity contribution in [1.29, 1.82) is 0 Å². The second-order valence-corrected chi connectivity index (χ2v) is 4.90. The van der Waals surface area contributed by atoms with Crippen molar-refractivity contribution in [1.82, 2.24) is 9.78 Å². The molecule has 1 heterocycles. The fourth-order valence-electron chi connectivity index (χ4n) is 2.65. The number of aliphatic hydroxyl groups is 1. The van der Waals surface area contributed by atoms with Gasteiger partial charge in [0.25, 0.3) is 0 Å². The lowest BCUT2D eigenvalue weighted by Gasteiger charge is -2.22. The predicted octanol–water partition coefficient (Wildman–Crippen LogP) is 1.91. The van der Waals surface area contributed by atoms with Gasteiger partial charge >= 0.3 is 0 Å². The highest BCUT2D eigenvalue weighted by atomic mass is 16.3. The molecule has 3 rings (SSSR count). The van der Waals surface area contributed by atoms with E-state index < -0.39 is 5.60 Å². The monoisotopic (exact) mass is 228 g/mol. The number of rotatable bonds is 1. The molecule has 2 aromatic rings. The summed E-state index contributed by atoms with van der Waals surface area (Å²) in [5, 5.41) is 15.2. The van der Waals surface area contributed by atoms with Crippen LogP contribution in [0.1, 0.15) is 28.8 Å². The first-order chi connectivity index (χ1) is 8.09. The molecule has 3 heteroatoms. The Bertz CT molecular complexity index is 573. The van der Waals surface area contributed by atoms with Crippen LogP contribution in [-0.4, -0.2) is 14.9 Å². The number of nitrogens with zero attached hydrogens (tertiary/aromatic N) is 2. The Kier molecular flexibility index (Phi) is 2.13. The largest absolute Gasteiger partial charge is 0.379 e. The first-order valence-corrected chi connectivity index (χ1v) is 5.92. The summed E-state index contributed by atoms with van der Waals surface area (Å²) in [6, 6.07) is 8.20. The van der Waals surface area contributed by atoms with E-state index in [-0.39, 0.29) is 0 Å². The van der Waals surface area contributed by atoms with Crippen LogP contribution in [0.5, 0.6) is 0 Å². The molecule has 1 N–H and O–H groups in total. The van der Waals surface area contributed by atoms with Gasteiger partial charge in [0, 0.05) is 13.2 Å². The molecule has 1 aliphatic rings. The Morgan fingerprint density at radius 1 is 1.35 bits per heavy atom. The van der Waals surface area contributed by atoms with Gasteiger partial charge < -0.3 is 5.11 Å². The van der Waals surface area contributed by atoms with Gasteiger partial charge in [0.2, 0.25) is 0 Å². The Hall–Kier alpha value is -1.61. The third-order valence-corrected chi connectivity index (χ3v) is 3.60. The second kappa shape index (κ2) is 3.44. The molecule has 1 aromatic carbocycles. The Balaban J connectivity index is 2.16. The summed E-state index contributed by atoms with van der Waals surface area (Å²) in [7, 11) is 1.87. The molecule has 0 saturated heterocycles. The summed E-state index contributed by atoms with van der Waals surface area (Å²) >= 11 is 0. The Morgan fingerprint density at radius 2 is 2.18 bits per heavy atom. The van der Waals surface area contributed by atoms with Gasteiger partial charge in [0.05, 0.1) is 5.69 Å². The molecule has 0 bridgehead atoms. The Morgan fingerprint density at radius 3 is 2.88 bits per heavy atom. The molecule has 0 radical (unpaired) electrons. The van der Waals surface area contributed by atoms with E-state index in [9.17, 15) is 5.11 Å². The first-order valence-electron chi connectivity index (χ1n) is 5.92. The highest BCUT2D eigenvalue weighted by molar-refractivity contribution is 5.44. The fraction of sp³-hybridized carbons (Fsp3) is 0.357. The highest BCUT2D eigenvalue weighted by Crippen LogP contribution is 2.41. The van der Waals surface area contributed by atoms with E-state index in [1.165, 1.54) is 11.1 Å². The van der Waals surface area contributed by atoms with Crippen LogP contribution in [0.15, 0.2) is 30.5 Å². The van der Waals surface area contributed by atoms with Crippen LogP contribution in [0, 0.1) is 6.92 Å². The van der Waals surface area contributed by atoms with Crippen molar-refractivity contribution in [2.45, 2.75) is 25.4 Å². The van der Waals surface area contributed by atoms with Gasteiger partial charge in [-0.2, -0.15) is 5.10 Å². The predicted molar refractivity (Wildman–Crippen MR) is 65.7 cm³/mol. The van der Waals surface area contributed by atoms with Gasteiger partial charge in [-0.1, -0.05) is 23.8 Å². The van der Waals surface area contributed by atoms with Crippen LogP contribution in [0.3, 0.4) is 0 Å². The molecular formula is C14H16N2O. The van der Waals surface area contributed by atoms with Crippen molar-refractivity contribution in [3.63, 3.8) is 0 Å². The molecule has 0 spiro atoms. The quantitative estimate of drug-likeness (QED) is 0.809. The second-order valence-electron chi connectivity index (χ2n) is 4.90. The molecule has 0 amide bonds. The maximum atomic E-state index is 10.9. The fourth-order valence-corrected chi connectivity index (χ4v) is 2.65. The molecule has 0 fully saturated rings. The van der Waals surface area contributed by atoms with Crippen molar-refractivity contribution in [2.24, 2.45) is 7.05 Å². The summed E-state index contributed by atoms with van der Waals surface area (Å²) in [6.45, 7) is 2.05. The lowest BCUT2D eigenvalue weighted by Crippen LogP contribution is -2.24. The average molecular weight is 228 g/mol. The van der Waals surface area contributed by atoms with Crippen LogP contribution in [-0.2, 0) is 19.1 Å². The third-order valence-electron chi connectivity index (χ3n) is 3.60. The van der Waals surface area contributed by atoms with E-state index in [0.717, 1.165) is 24.1 Å². The van der Waals surface area contributed by atoms with Gasteiger partial charge in [-0.25, -0.2) is 0 Å². The van der Waals surface area contributed by atoms with Gasteiger partial charge in [-0.05, 0) is 37.0 Å². The van der Waals surface area contributed by atoms with Crippen LogP contribution >= 0.6 is 0 Å². The van der Waals surface area contributed by atoms with Crippen molar-refractivity contribution < 1.29 is 5.11 Å². The van der Waals surface area contributed by atoms with Crippen LogP contribution in [0.4, 0.5) is 0 Å². The van der Waals surface area contributed by atoms with Crippen LogP contribution in [0.25, 0.3) is 0 Å². The summed E-state index contributed by atoms with van der Waals surface area (Å²) in [4.78, 5) is 0. The normalized spacial score (nSPS) is 22.8. The van der Waals surface area contributed by atoms with Gasteiger partial charge in [-0.15, -0.1) is 0 Å². The van der Waals surface area contributed by atoms with Crippen molar-refractivity contribution in [2.75, 3.05) is 0 Å². The van der Waals surface area contributed by atoms with E-state index in [1.54, 1.807) is 4.68 Å². The zero-order chi connectivity index (χ0) is 12.0. The lowest BCUT2D eigenvalue weighted by atomic mass is 9.91. The van der Waals surface area contributed by atoms with Crippen LogP contribution in [0.2, 0.25) is 0 Å². The SMILES string of the molecule is Cc1ccc2c(c1)C(O)(c1ccn(C)n1)CC2.